The van der Waals surface area contributed by atoms with Gasteiger partial charge in [-0.05, 0) is 59.3 Å². The molecule has 2 fully saturated rings. The maximum Gasteiger partial charge on any atom is 0.412 e. The van der Waals surface area contributed by atoms with Crippen molar-refractivity contribution in [2.24, 2.45) is 5.92 Å². The van der Waals surface area contributed by atoms with E-state index in [2.05, 4.69) is 20.8 Å². The Hall–Kier alpha value is -0.810. The number of ether oxygens (including phenoxy) is 3. The second-order valence-corrected chi connectivity index (χ2v) is 7.96. The maximum absolute atomic E-state index is 12.5. The molecule has 2 unspecified atom stereocenters. The minimum atomic E-state index is -0.594. The van der Waals surface area contributed by atoms with Crippen LogP contribution < -0.4 is 0 Å². The highest BCUT2D eigenvalue weighted by Gasteiger charge is 2.45. The molecule has 0 aromatic rings. The molecule has 1 amide bonds. The normalized spacial score (nSPS) is 29.5. The van der Waals surface area contributed by atoms with Crippen molar-refractivity contribution >= 4 is 6.09 Å². The van der Waals surface area contributed by atoms with Gasteiger partial charge in [-0.1, -0.05) is 13.3 Å². The van der Waals surface area contributed by atoms with Gasteiger partial charge in [-0.25, -0.2) is 4.79 Å². The Morgan fingerprint density at radius 2 is 1.96 bits per heavy atom. The molecule has 0 saturated carbocycles. The minimum absolute atomic E-state index is 0.0132. The van der Waals surface area contributed by atoms with Crippen LogP contribution in [0.5, 0.6) is 0 Å². The second-order valence-electron chi connectivity index (χ2n) is 7.96. The lowest BCUT2D eigenvalue weighted by atomic mass is 9.87. The molecule has 2 aliphatic rings. The topological polar surface area (TPSA) is 48.0 Å². The molecule has 23 heavy (non-hydrogen) atoms. The zero-order valence-corrected chi connectivity index (χ0v) is 15.4. The van der Waals surface area contributed by atoms with Gasteiger partial charge in [-0.2, -0.15) is 0 Å². The molecule has 134 valence electrons. The third kappa shape index (κ3) is 4.83. The van der Waals surface area contributed by atoms with Gasteiger partial charge in [0.25, 0.3) is 0 Å². The summed E-state index contributed by atoms with van der Waals surface area (Å²) in [6, 6.07) is 0.0777. The van der Waals surface area contributed by atoms with Gasteiger partial charge >= 0.3 is 6.09 Å². The highest BCUT2D eigenvalue weighted by Crippen LogP contribution is 2.35. The van der Waals surface area contributed by atoms with Crippen molar-refractivity contribution < 1.29 is 19.0 Å². The predicted octanol–water partition coefficient (Wildman–Crippen LogP) is 3.96. The smallest absolute Gasteiger partial charge is 0.412 e. The van der Waals surface area contributed by atoms with Gasteiger partial charge in [0.1, 0.15) is 5.72 Å². The lowest BCUT2D eigenvalue weighted by molar-refractivity contribution is -0.0824. The molecule has 0 radical (unpaired) electrons. The van der Waals surface area contributed by atoms with Crippen LogP contribution in [0.2, 0.25) is 0 Å². The Bertz CT molecular complexity index is 398. The number of hydrogen-bond acceptors (Lipinski definition) is 4. The van der Waals surface area contributed by atoms with E-state index in [-0.39, 0.29) is 17.7 Å². The van der Waals surface area contributed by atoms with Crippen LogP contribution in [0, 0.1) is 5.92 Å². The van der Waals surface area contributed by atoms with E-state index in [4.69, 9.17) is 14.2 Å². The molecule has 0 aromatic carbocycles. The molecule has 0 N–H and O–H groups in total. The summed E-state index contributed by atoms with van der Waals surface area (Å²) in [5.74, 6) is 0.483. The summed E-state index contributed by atoms with van der Waals surface area (Å²) in [6.07, 6.45) is 4.80. The van der Waals surface area contributed by atoms with Gasteiger partial charge in [0.2, 0.25) is 0 Å². The number of hydrogen-bond donors (Lipinski definition) is 0. The van der Waals surface area contributed by atoms with Gasteiger partial charge in [-0.15, -0.1) is 0 Å². The lowest BCUT2D eigenvalue weighted by Crippen LogP contribution is -2.49. The first-order valence-electron chi connectivity index (χ1n) is 8.99. The van der Waals surface area contributed by atoms with E-state index in [1.807, 2.05) is 13.8 Å². The summed E-state index contributed by atoms with van der Waals surface area (Å²) in [4.78, 5) is 14.3. The van der Waals surface area contributed by atoms with Crippen molar-refractivity contribution in [2.75, 3.05) is 19.8 Å². The number of rotatable bonds is 5. The van der Waals surface area contributed by atoms with E-state index in [9.17, 15) is 4.79 Å². The van der Waals surface area contributed by atoms with Crippen molar-refractivity contribution in [3.8, 4) is 0 Å². The first-order chi connectivity index (χ1) is 10.7. The fraction of sp³-hybridized carbons (Fsp3) is 0.944. The number of carbonyl (C=O) groups is 1. The Kier molecular flexibility index (Phi) is 5.95. The summed E-state index contributed by atoms with van der Waals surface area (Å²) in [5.41, 5.74) is -0.608. The molecule has 2 saturated heterocycles. The highest BCUT2D eigenvalue weighted by atomic mass is 16.6. The Labute approximate surface area is 140 Å². The molecule has 2 rings (SSSR count). The summed E-state index contributed by atoms with van der Waals surface area (Å²) >= 11 is 0. The van der Waals surface area contributed by atoms with E-state index < -0.39 is 5.72 Å². The van der Waals surface area contributed by atoms with Gasteiger partial charge in [-0.3, -0.25) is 4.90 Å². The number of amides is 1. The van der Waals surface area contributed by atoms with Crippen LogP contribution in [-0.2, 0) is 14.2 Å². The largest absolute Gasteiger partial charge is 0.449 e. The molecular formula is C18H33NO4. The first-order valence-corrected chi connectivity index (χ1v) is 8.99. The quantitative estimate of drug-likeness (QED) is 0.717. The second kappa shape index (κ2) is 7.39. The molecule has 0 aromatic heterocycles. The van der Waals surface area contributed by atoms with E-state index in [1.54, 1.807) is 4.90 Å². The van der Waals surface area contributed by atoms with Crippen molar-refractivity contribution in [1.82, 2.24) is 4.90 Å². The number of unbranched alkanes of at least 4 members (excludes halogenated alkanes) is 1. The molecule has 0 spiro atoms. The van der Waals surface area contributed by atoms with E-state index in [1.165, 1.54) is 0 Å². The van der Waals surface area contributed by atoms with Crippen LogP contribution in [0.25, 0.3) is 0 Å². The average molecular weight is 327 g/mol. The predicted molar refractivity (Wildman–Crippen MR) is 89.3 cm³/mol. The summed E-state index contributed by atoms with van der Waals surface area (Å²) in [5, 5.41) is 0. The van der Waals surface area contributed by atoms with Gasteiger partial charge in [0.15, 0.2) is 0 Å². The molecule has 0 bridgehead atoms. The summed E-state index contributed by atoms with van der Waals surface area (Å²) in [7, 11) is 0. The monoisotopic (exact) mass is 327 g/mol. The molecule has 2 aliphatic heterocycles. The highest BCUT2D eigenvalue weighted by molar-refractivity contribution is 5.69. The summed E-state index contributed by atoms with van der Waals surface area (Å²) < 4.78 is 17.2. The van der Waals surface area contributed by atoms with Crippen LogP contribution in [-0.4, -0.2) is 48.2 Å². The van der Waals surface area contributed by atoms with Crippen LogP contribution in [0.4, 0.5) is 4.79 Å². The van der Waals surface area contributed by atoms with Crippen molar-refractivity contribution in [1.29, 1.82) is 0 Å². The van der Waals surface area contributed by atoms with Gasteiger partial charge < -0.3 is 14.2 Å². The van der Waals surface area contributed by atoms with Crippen LogP contribution in [0.1, 0.15) is 66.7 Å². The fourth-order valence-electron chi connectivity index (χ4n) is 3.42. The van der Waals surface area contributed by atoms with Gasteiger partial charge in [0.05, 0.1) is 31.5 Å². The third-order valence-electron chi connectivity index (χ3n) is 4.96. The zero-order valence-electron chi connectivity index (χ0n) is 15.4. The minimum Gasteiger partial charge on any atom is -0.449 e. The number of carbonyl (C=O) groups excluding carboxylic acids is 1. The molecule has 5 heteroatoms. The van der Waals surface area contributed by atoms with Crippen LogP contribution in [0.15, 0.2) is 0 Å². The fourth-order valence-corrected chi connectivity index (χ4v) is 3.42. The lowest BCUT2D eigenvalue weighted by Gasteiger charge is -2.38. The third-order valence-corrected chi connectivity index (χ3v) is 4.96. The number of nitrogens with zero attached hydrogens (tertiary/aromatic N) is 1. The van der Waals surface area contributed by atoms with E-state index in [0.29, 0.717) is 19.1 Å². The molecular weight excluding hydrogens is 294 g/mol. The molecule has 0 aliphatic carbocycles. The molecule has 5 nitrogen and oxygen atoms in total. The zero-order chi connectivity index (χ0) is 17.1. The average Bonchev–Trinajstić information content (AvgIpc) is 2.76. The van der Waals surface area contributed by atoms with Crippen molar-refractivity contribution in [3.05, 3.63) is 0 Å². The SMILES string of the molecule is CCCCOC(=O)N1C(CC2CCC(C)(C)OC2)COC1(C)C. The first kappa shape index (κ1) is 18.5. The Morgan fingerprint density at radius 1 is 1.22 bits per heavy atom. The van der Waals surface area contributed by atoms with Crippen molar-refractivity contribution in [3.63, 3.8) is 0 Å². The standard InChI is InChI=1S/C18H33NO4/c1-6-7-10-21-16(20)19-15(13-23-18(19,4)5)11-14-8-9-17(2,3)22-12-14/h14-15H,6-13H2,1-5H3. The van der Waals surface area contributed by atoms with E-state index >= 15 is 0 Å². The maximum atomic E-state index is 12.5. The van der Waals surface area contributed by atoms with Crippen LogP contribution >= 0.6 is 0 Å². The van der Waals surface area contributed by atoms with Crippen LogP contribution in [0.3, 0.4) is 0 Å². The van der Waals surface area contributed by atoms with E-state index in [0.717, 1.165) is 38.7 Å². The van der Waals surface area contributed by atoms with Gasteiger partial charge in [0, 0.05) is 0 Å². The Morgan fingerprint density at radius 3 is 2.57 bits per heavy atom. The summed E-state index contributed by atoms with van der Waals surface area (Å²) in [6.45, 7) is 12.1. The Balaban J connectivity index is 1.93. The molecule has 2 heterocycles. The molecule has 2 atom stereocenters. The van der Waals surface area contributed by atoms with Crippen molar-refractivity contribution in [2.45, 2.75) is 84.1 Å².